The van der Waals surface area contributed by atoms with Crippen LogP contribution in [0.5, 0.6) is 5.75 Å². The first-order valence-electron chi connectivity index (χ1n) is 5.27. The number of hydrogen-bond donors (Lipinski definition) is 2. The molecule has 0 bridgehead atoms. The van der Waals surface area contributed by atoms with Gasteiger partial charge in [0, 0.05) is 54.7 Å². The molecule has 0 aliphatic carbocycles. The predicted molar refractivity (Wildman–Crippen MR) is 69.1 cm³/mol. The first kappa shape index (κ1) is 14.9. The fourth-order valence-corrected chi connectivity index (χ4v) is 1.62. The van der Waals surface area contributed by atoms with E-state index >= 15 is 0 Å². The summed E-state index contributed by atoms with van der Waals surface area (Å²) in [6.45, 7) is 5.24. The number of rotatable bonds is 2. The number of benzene rings is 2. The smallest absolute Gasteiger partial charge is 0.250 e. The molecule has 1 radical (unpaired) electrons. The summed E-state index contributed by atoms with van der Waals surface area (Å²) in [5.41, 5.74) is 1.12. The Bertz CT molecular complexity index is 608. The molecule has 0 aliphatic heterocycles. The van der Waals surface area contributed by atoms with Gasteiger partial charge in [0.2, 0.25) is 0 Å². The Morgan fingerprint density at radius 3 is 2.39 bits per heavy atom. The van der Waals surface area contributed by atoms with Gasteiger partial charge in [0.25, 0.3) is 5.91 Å². The molecule has 0 aliphatic rings. The Balaban J connectivity index is 0.00000162. The third kappa shape index (κ3) is 2.98. The van der Waals surface area contributed by atoms with E-state index in [-0.39, 0.29) is 44.4 Å². The zero-order valence-corrected chi connectivity index (χ0v) is 12.9. The van der Waals surface area contributed by atoms with Crippen molar-refractivity contribution in [3.05, 3.63) is 48.6 Å². The fraction of sp³-hybridized carbons (Fsp3) is 0.0714. The topological polar surface area (TPSA) is 49.3 Å². The van der Waals surface area contributed by atoms with Crippen LogP contribution in [0.1, 0.15) is 6.92 Å². The molecular weight excluding hydrogens is 303 g/mol. The number of anilines is 1. The van der Waals surface area contributed by atoms with Gasteiger partial charge in [0.1, 0.15) is 5.75 Å². The van der Waals surface area contributed by atoms with Gasteiger partial charge >= 0.3 is 0 Å². The van der Waals surface area contributed by atoms with E-state index in [4.69, 9.17) is 0 Å². The summed E-state index contributed by atoms with van der Waals surface area (Å²) in [4.78, 5) is 11.6. The zero-order valence-electron chi connectivity index (χ0n) is 10.1. The van der Waals surface area contributed by atoms with Crippen molar-refractivity contribution in [3.63, 3.8) is 0 Å². The Morgan fingerprint density at radius 2 is 1.78 bits per heavy atom. The third-order valence-corrected chi connectivity index (χ3v) is 2.54. The molecule has 0 atom stereocenters. The van der Waals surface area contributed by atoms with E-state index in [9.17, 15) is 9.90 Å². The number of nitrogens with one attached hydrogen (secondary N) is 1. The molecule has 0 saturated carbocycles. The molecule has 4 heteroatoms. The van der Waals surface area contributed by atoms with Gasteiger partial charge in [0.15, 0.2) is 0 Å². The summed E-state index contributed by atoms with van der Waals surface area (Å²) in [6, 6.07) is 10.6. The SMILES string of the molecule is C=C(C)C(=O)Nc1ccc(O)c2ccccc12.[Y]. The number of carbonyl (C=O) groups excluding carboxylic acids is 1. The van der Waals surface area contributed by atoms with Crippen LogP contribution >= 0.6 is 0 Å². The van der Waals surface area contributed by atoms with E-state index in [0.717, 1.165) is 5.39 Å². The molecule has 3 nitrogen and oxygen atoms in total. The van der Waals surface area contributed by atoms with Gasteiger partial charge in [-0.25, -0.2) is 0 Å². The monoisotopic (exact) mass is 316 g/mol. The van der Waals surface area contributed by atoms with Crippen molar-refractivity contribution in [2.45, 2.75) is 6.92 Å². The number of amides is 1. The molecule has 2 aromatic carbocycles. The van der Waals surface area contributed by atoms with E-state index in [1.165, 1.54) is 0 Å². The zero-order chi connectivity index (χ0) is 12.4. The summed E-state index contributed by atoms with van der Waals surface area (Å²) in [6.07, 6.45) is 0. The van der Waals surface area contributed by atoms with E-state index in [0.29, 0.717) is 16.6 Å². The molecular formula is C14H13NO2Y. The van der Waals surface area contributed by atoms with Crippen molar-refractivity contribution in [1.82, 2.24) is 0 Å². The van der Waals surface area contributed by atoms with Gasteiger partial charge in [-0.1, -0.05) is 30.8 Å². The Morgan fingerprint density at radius 1 is 1.17 bits per heavy atom. The van der Waals surface area contributed by atoms with E-state index in [1.54, 1.807) is 25.1 Å². The number of phenolic OH excluding ortho intramolecular Hbond substituents is 1. The Labute approximate surface area is 131 Å². The fourth-order valence-electron chi connectivity index (χ4n) is 1.62. The molecule has 2 rings (SSSR count). The quantitative estimate of drug-likeness (QED) is 0.661. The average Bonchev–Trinajstić information content (AvgIpc) is 2.33. The van der Waals surface area contributed by atoms with E-state index in [1.807, 2.05) is 18.2 Å². The number of aromatic hydroxyl groups is 1. The van der Waals surface area contributed by atoms with Crippen molar-refractivity contribution in [2.24, 2.45) is 0 Å². The van der Waals surface area contributed by atoms with Crippen molar-refractivity contribution in [2.75, 3.05) is 5.32 Å². The summed E-state index contributed by atoms with van der Waals surface area (Å²) < 4.78 is 0. The number of phenols is 1. The molecule has 0 unspecified atom stereocenters. The Hall–Kier alpha value is -1.19. The van der Waals surface area contributed by atoms with Crippen LogP contribution in [0.2, 0.25) is 0 Å². The number of hydrogen-bond acceptors (Lipinski definition) is 2. The minimum absolute atomic E-state index is 0. The van der Waals surface area contributed by atoms with Crippen LogP contribution in [0.25, 0.3) is 10.8 Å². The number of fused-ring (bicyclic) bond motifs is 1. The maximum atomic E-state index is 11.6. The van der Waals surface area contributed by atoms with Crippen molar-refractivity contribution < 1.29 is 42.6 Å². The molecule has 18 heavy (non-hydrogen) atoms. The summed E-state index contributed by atoms with van der Waals surface area (Å²) in [5, 5.41) is 14.0. The molecule has 0 spiro atoms. The van der Waals surface area contributed by atoms with Crippen LogP contribution in [-0.2, 0) is 37.5 Å². The summed E-state index contributed by atoms with van der Waals surface area (Å²) >= 11 is 0. The maximum absolute atomic E-state index is 11.6. The van der Waals surface area contributed by atoms with Gasteiger partial charge in [-0.15, -0.1) is 0 Å². The minimum Gasteiger partial charge on any atom is -0.507 e. The van der Waals surface area contributed by atoms with Gasteiger partial charge in [-0.05, 0) is 19.1 Å². The van der Waals surface area contributed by atoms with Crippen LogP contribution < -0.4 is 5.32 Å². The van der Waals surface area contributed by atoms with Crippen molar-refractivity contribution >= 4 is 22.4 Å². The van der Waals surface area contributed by atoms with Crippen LogP contribution in [0, 0.1) is 0 Å². The number of carbonyl (C=O) groups is 1. The summed E-state index contributed by atoms with van der Waals surface area (Å²) in [7, 11) is 0. The molecule has 1 amide bonds. The predicted octanol–water partition coefficient (Wildman–Crippen LogP) is 3.06. The molecule has 0 heterocycles. The summed E-state index contributed by atoms with van der Waals surface area (Å²) in [5.74, 6) is -0.0187. The minimum atomic E-state index is -0.221. The third-order valence-electron chi connectivity index (χ3n) is 2.54. The molecule has 2 aromatic rings. The molecule has 0 fully saturated rings. The van der Waals surface area contributed by atoms with E-state index < -0.39 is 0 Å². The van der Waals surface area contributed by atoms with Gasteiger partial charge in [-0.3, -0.25) is 4.79 Å². The second-order valence-corrected chi connectivity index (χ2v) is 3.91. The first-order chi connectivity index (χ1) is 8.09. The van der Waals surface area contributed by atoms with Crippen molar-refractivity contribution in [3.8, 4) is 5.75 Å². The Kier molecular flexibility index (Phi) is 5.06. The second kappa shape index (κ2) is 6.12. The van der Waals surface area contributed by atoms with Crippen LogP contribution in [-0.4, -0.2) is 11.0 Å². The van der Waals surface area contributed by atoms with E-state index in [2.05, 4.69) is 11.9 Å². The second-order valence-electron chi connectivity index (χ2n) is 3.91. The molecule has 2 N–H and O–H groups in total. The van der Waals surface area contributed by atoms with Crippen LogP contribution in [0.3, 0.4) is 0 Å². The largest absolute Gasteiger partial charge is 0.507 e. The van der Waals surface area contributed by atoms with Gasteiger partial charge < -0.3 is 10.4 Å². The molecule has 89 valence electrons. The van der Waals surface area contributed by atoms with Crippen LogP contribution in [0.15, 0.2) is 48.6 Å². The average molecular weight is 316 g/mol. The standard InChI is InChI=1S/C14H13NO2.Y/c1-9(2)14(17)15-12-7-8-13(16)11-6-4-3-5-10(11)12;/h3-8,16H,1H2,2H3,(H,15,17);. The maximum Gasteiger partial charge on any atom is 0.250 e. The molecule has 0 aromatic heterocycles. The van der Waals surface area contributed by atoms with Gasteiger partial charge in [0.05, 0.1) is 0 Å². The van der Waals surface area contributed by atoms with Crippen LogP contribution in [0.4, 0.5) is 5.69 Å². The molecule has 0 saturated heterocycles. The van der Waals surface area contributed by atoms with Gasteiger partial charge in [-0.2, -0.15) is 0 Å². The normalized spacial score (nSPS) is 9.61. The first-order valence-corrected chi connectivity index (χ1v) is 5.27. The van der Waals surface area contributed by atoms with Crippen molar-refractivity contribution in [1.29, 1.82) is 0 Å².